The van der Waals surface area contributed by atoms with Gasteiger partial charge in [-0.15, -0.1) is 0 Å². The number of hydrogen-bond acceptors (Lipinski definition) is 5. The molecule has 0 aromatic heterocycles. The predicted molar refractivity (Wildman–Crippen MR) is 168 cm³/mol. The molecule has 6 heteroatoms. The second-order valence-corrected chi connectivity index (χ2v) is 14.6. The van der Waals surface area contributed by atoms with Crippen LogP contribution in [-0.2, 0) is 19.1 Å². The van der Waals surface area contributed by atoms with Gasteiger partial charge in [0.2, 0.25) is 5.78 Å². The number of allylic oxidation sites excluding steroid dienone is 4. The van der Waals surface area contributed by atoms with Gasteiger partial charge in [0.15, 0.2) is 5.78 Å². The fourth-order valence-corrected chi connectivity index (χ4v) is 9.47. The lowest BCUT2D eigenvalue weighted by atomic mass is 9.46. The molecule has 0 radical (unpaired) electrons. The minimum atomic E-state index is -2.24. The Kier molecular flexibility index (Phi) is 12.2. The van der Waals surface area contributed by atoms with E-state index in [9.17, 15) is 19.5 Å². The van der Waals surface area contributed by atoms with E-state index in [1.807, 2.05) is 13.0 Å². The summed E-state index contributed by atoms with van der Waals surface area (Å²) in [7, 11) is 0. The molecule has 0 aromatic carbocycles. The third kappa shape index (κ3) is 7.89. The number of aliphatic hydroxyl groups is 1. The van der Waals surface area contributed by atoms with E-state index in [2.05, 4.69) is 13.8 Å². The van der Waals surface area contributed by atoms with Crippen molar-refractivity contribution in [3.8, 4) is 0 Å². The Hall–Kier alpha value is -1.82. The van der Waals surface area contributed by atoms with Crippen LogP contribution in [0.15, 0.2) is 23.8 Å². The molecule has 43 heavy (non-hydrogen) atoms. The number of hydrogen-bond donors (Lipinski definition) is 1. The Bertz CT molecular complexity index is 1030. The summed E-state index contributed by atoms with van der Waals surface area (Å²) in [5, 5.41) is 11.5. The first-order valence-corrected chi connectivity index (χ1v) is 17.6. The maximum Gasteiger partial charge on any atom is 0.308 e. The summed E-state index contributed by atoms with van der Waals surface area (Å²) < 4.78 is 20.2. The Labute approximate surface area is 259 Å². The van der Waals surface area contributed by atoms with Crippen molar-refractivity contribution in [2.75, 3.05) is 0 Å². The van der Waals surface area contributed by atoms with Crippen molar-refractivity contribution in [3.05, 3.63) is 23.8 Å². The molecule has 0 heterocycles. The van der Waals surface area contributed by atoms with Crippen molar-refractivity contribution in [3.63, 3.8) is 0 Å². The summed E-state index contributed by atoms with van der Waals surface area (Å²) in [4.78, 5) is 37.7. The SMILES string of the molecule is CCCCCCCCCCCCCCCC(=O)OC(F)C(=O)[C@H]1CC[C@H]2[C@@H]3CCC4=CC(=O)C=C[C@]4(C)[C@H]3[C@@H](O)C[C@]12C. The largest absolute Gasteiger partial charge is 0.423 e. The van der Waals surface area contributed by atoms with Gasteiger partial charge in [0.1, 0.15) is 0 Å². The highest BCUT2D eigenvalue weighted by atomic mass is 19.1. The van der Waals surface area contributed by atoms with E-state index in [-0.39, 0.29) is 35.4 Å². The molecule has 4 aliphatic rings. The standard InChI is InChI=1S/C37H57FO5/c1-4-5-6-7-8-9-10-11-12-13-14-15-16-17-32(41)43-35(38)34(42)30-21-20-29-28-19-18-26-24-27(39)22-23-36(26,2)33(28)31(40)25-37(29,30)3/h22-24,28-31,33,35,40H,4-21,25H2,1-3H3/t28-,29-,30+,31-,33+,35?,36-,37-/m0/s1. The minimum absolute atomic E-state index is 0.00482. The summed E-state index contributed by atoms with van der Waals surface area (Å²) in [5.41, 5.74) is 0.189. The zero-order chi connectivity index (χ0) is 31.0. The van der Waals surface area contributed by atoms with E-state index in [1.54, 1.807) is 12.2 Å². The van der Waals surface area contributed by atoms with Gasteiger partial charge in [0.05, 0.1) is 6.10 Å². The number of halogens is 1. The number of unbranched alkanes of at least 4 members (excludes halogenated alkanes) is 12. The van der Waals surface area contributed by atoms with E-state index in [0.717, 1.165) is 44.1 Å². The molecule has 0 saturated heterocycles. The number of alkyl halides is 1. The van der Waals surface area contributed by atoms with Crippen LogP contribution in [0, 0.1) is 34.5 Å². The average Bonchev–Trinajstić information content (AvgIpc) is 3.31. The third-order valence-corrected chi connectivity index (χ3v) is 11.8. The van der Waals surface area contributed by atoms with Crippen LogP contribution >= 0.6 is 0 Å². The highest BCUT2D eigenvalue weighted by molar-refractivity contribution is 6.01. The molecule has 4 aliphatic carbocycles. The maximum absolute atomic E-state index is 15.1. The molecule has 0 amide bonds. The number of rotatable bonds is 17. The molecule has 8 atom stereocenters. The van der Waals surface area contributed by atoms with Crippen molar-refractivity contribution in [2.45, 2.75) is 155 Å². The van der Waals surface area contributed by atoms with Gasteiger partial charge in [0.25, 0.3) is 6.36 Å². The number of fused-ring (bicyclic) bond motifs is 5. The summed E-state index contributed by atoms with van der Waals surface area (Å²) in [6.07, 6.45) is 21.7. The molecule has 0 aromatic rings. The highest BCUT2D eigenvalue weighted by Gasteiger charge is 2.63. The quantitative estimate of drug-likeness (QED) is 0.133. The summed E-state index contributed by atoms with van der Waals surface area (Å²) in [6.45, 7) is 6.40. The van der Waals surface area contributed by atoms with Gasteiger partial charge in [-0.05, 0) is 67.9 Å². The zero-order valence-corrected chi connectivity index (χ0v) is 27.1. The number of carbonyl (C=O) groups excluding carboxylic acids is 3. The highest BCUT2D eigenvalue weighted by Crippen LogP contribution is 2.66. The number of esters is 1. The van der Waals surface area contributed by atoms with E-state index < -0.39 is 35.5 Å². The van der Waals surface area contributed by atoms with Crippen LogP contribution in [0.25, 0.3) is 0 Å². The third-order valence-electron chi connectivity index (χ3n) is 11.8. The molecule has 3 fully saturated rings. The number of ketones is 2. The Morgan fingerprint density at radius 1 is 0.953 bits per heavy atom. The van der Waals surface area contributed by atoms with E-state index >= 15 is 4.39 Å². The van der Waals surface area contributed by atoms with E-state index in [0.29, 0.717) is 19.3 Å². The van der Waals surface area contributed by atoms with Gasteiger partial charge in [0, 0.05) is 23.7 Å². The van der Waals surface area contributed by atoms with Crippen LogP contribution in [0.2, 0.25) is 0 Å². The lowest BCUT2D eigenvalue weighted by Gasteiger charge is -2.58. The van der Waals surface area contributed by atoms with E-state index in [1.165, 1.54) is 57.8 Å². The number of ether oxygens (including phenoxy) is 1. The van der Waals surface area contributed by atoms with Gasteiger partial charge in [-0.1, -0.05) is 109 Å². The molecule has 4 rings (SSSR count). The van der Waals surface area contributed by atoms with Crippen LogP contribution in [-0.4, -0.2) is 35.1 Å². The summed E-state index contributed by atoms with van der Waals surface area (Å²) in [6, 6.07) is 0. The average molecular weight is 601 g/mol. The maximum atomic E-state index is 15.1. The molecule has 3 saturated carbocycles. The molecular weight excluding hydrogens is 543 g/mol. The fourth-order valence-electron chi connectivity index (χ4n) is 9.47. The van der Waals surface area contributed by atoms with E-state index in [4.69, 9.17) is 4.74 Å². The second kappa shape index (κ2) is 15.5. The molecule has 0 bridgehead atoms. The fraction of sp³-hybridized carbons (Fsp3) is 0.811. The molecular formula is C37H57FO5. The van der Waals surface area contributed by atoms with Gasteiger partial charge >= 0.3 is 5.97 Å². The number of aliphatic hydroxyl groups excluding tert-OH is 1. The predicted octanol–water partition coefficient (Wildman–Crippen LogP) is 8.77. The molecule has 5 nitrogen and oxygen atoms in total. The van der Waals surface area contributed by atoms with Crippen molar-refractivity contribution in [1.29, 1.82) is 0 Å². The van der Waals surface area contributed by atoms with Gasteiger partial charge in [-0.3, -0.25) is 14.4 Å². The lowest BCUT2D eigenvalue weighted by Crippen LogP contribution is -2.56. The Morgan fingerprint density at radius 3 is 2.19 bits per heavy atom. The van der Waals surface area contributed by atoms with Crippen molar-refractivity contribution >= 4 is 17.5 Å². The van der Waals surface area contributed by atoms with Crippen LogP contribution < -0.4 is 0 Å². The first-order valence-electron chi connectivity index (χ1n) is 17.6. The van der Waals surface area contributed by atoms with Gasteiger partial charge in [-0.25, -0.2) is 0 Å². The van der Waals surface area contributed by atoms with Crippen LogP contribution in [0.4, 0.5) is 4.39 Å². The van der Waals surface area contributed by atoms with Crippen molar-refractivity contribution in [1.82, 2.24) is 0 Å². The minimum Gasteiger partial charge on any atom is -0.423 e. The second-order valence-electron chi connectivity index (χ2n) is 14.6. The van der Waals surface area contributed by atoms with Gasteiger partial charge in [-0.2, -0.15) is 4.39 Å². The molecule has 0 aliphatic heterocycles. The molecule has 0 spiro atoms. The molecule has 242 valence electrons. The molecule has 1 unspecified atom stereocenters. The Morgan fingerprint density at radius 2 is 1.56 bits per heavy atom. The topological polar surface area (TPSA) is 80.7 Å². The van der Waals surface area contributed by atoms with Crippen molar-refractivity contribution < 1.29 is 28.6 Å². The Balaban J connectivity index is 1.17. The summed E-state index contributed by atoms with van der Waals surface area (Å²) >= 11 is 0. The number of Topliss-reactive ketones (excluding diaryl/α,β-unsaturated/α-hetero) is 1. The lowest BCUT2D eigenvalue weighted by molar-refractivity contribution is -0.172. The zero-order valence-electron chi connectivity index (χ0n) is 27.1. The van der Waals surface area contributed by atoms with Crippen LogP contribution in [0.3, 0.4) is 0 Å². The van der Waals surface area contributed by atoms with Crippen LogP contribution in [0.5, 0.6) is 0 Å². The first-order chi connectivity index (χ1) is 20.6. The number of carbonyl (C=O) groups is 3. The van der Waals surface area contributed by atoms with Gasteiger partial charge < -0.3 is 9.84 Å². The smallest absolute Gasteiger partial charge is 0.308 e. The normalized spacial score (nSPS) is 33.7. The first kappa shape index (κ1) is 34.1. The summed E-state index contributed by atoms with van der Waals surface area (Å²) in [5.74, 6) is -1.48. The monoisotopic (exact) mass is 600 g/mol. The van der Waals surface area contributed by atoms with Crippen molar-refractivity contribution in [2.24, 2.45) is 34.5 Å². The molecule has 1 N–H and O–H groups in total. The van der Waals surface area contributed by atoms with Crippen LogP contribution in [0.1, 0.15) is 143 Å².